The number of hydrogen-bond donors (Lipinski definition) is 1. The van der Waals surface area contributed by atoms with E-state index in [1.54, 1.807) is 24.3 Å². The molecule has 0 fully saturated rings. The van der Waals surface area contributed by atoms with Crippen molar-refractivity contribution in [3.05, 3.63) is 89.7 Å². The van der Waals surface area contributed by atoms with E-state index in [-0.39, 0.29) is 22.1 Å². The molecule has 0 aliphatic carbocycles. The highest BCUT2D eigenvalue weighted by Gasteiger charge is 2.42. The van der Waals surface area contributed by atoms with E-state index in [0.717, 1.165) is 22.9 Å². The molecule has 0 aliphatic heterocycles. The molecular formula is C22H13F6N3O. The van der Waals surface area contributed by atoms with Crippen molar-refractivity contribution in [2.24, 2.45) is 0 Å². The summed E-state index contributed by atoms with van der Waals surface area (Å²) in [6.07, 6.45) is -10.1. The van der Waals surface area contributed by atoms with Gasteiger partial charge in [-0.2, -0.15) is 31.4 Å². The average molecular weight is 449 g/mol. The maximum atomic E-state index is 13.2. The SMILES string of the molecule is O=C(Nc1ccc(-n2nc(C(F)(F)F)cc2C(F)(F)F)cc1)c1cccc2ccccc12. The minimum absolute atomic E-state index is 0.0454. The molecular weight excluding hydrogens is 436 g/mol. The Bertz CT molecular complexity index is 1280. The van der Waals surface area contributed by atoms with Crippen molar-refractivity contribution in [3.63, 3.8) is 0 Å². The van der Waals surface area contributed by atoms with E-state index >= 15 is 0 Å². The second kappa shape index (κ2) is 7.70. The van der Waals surface area contributed by atoms with Crippen LogP contribution in [0.5, 0.6) is 0 Å². The van der Waals surface area contributed by atoms with Crippen molar-refractivity contribution in [2.45, 2.75) is 12.4 Å². The quantitative estimate of drug-likeness (QED) is 0.373. The molecule has 4 aromatic rings. The van der Waals surface area contributed by atoms with E-state index in [2.05, 4.69) is 10.4 Å². The number of nitrogens with one attached hydrogen (secondary N) is 1. The van der Waals surface area contributed by atoms with Crippen LogP contribution in [0.25, 0.3) is 16.5 Å². The van der Waals surface area contributed by atoms with Gasteiger partial charge in [-0.3, -0.25) is 4.79 Å². The summed E-state index contributed by atoms with van der Waals surface area (Å²) in [5, 5.41) is 7.28. The lowest BCUT2D eigenvalue weighted by molar-refractivity contribution is -0.143. The lowest BCUT2D eigenvalue weighted by atomic mass is 10.0. The smallest absolute Gasteiger partial charge is 0.322 e. The molecule has 0 bridgehead atoms. The molecule has 3 aromatic carbocycles. The van der Waals surface area contributed by atoms with Crippen LogP contribution in [0, 0.1) is 0 Å². The first kappa shape index (κ1) is 21.4. The summed E-state index contributed by atoms with van der Waals surface area (Å²) >= 11 is 0. The number of aromatic nitrogens is 2. The van der Waals surface area contributed by atoms with Crippen molar-refractivity contribution in [1.82, 2.24) is 9.78 Å². The van der Waals surface area contributed by atoms with Crippen molar-refractivity contribution in [3.8, 4) is 5.69 Å². The third kappa shape index (κ3) is 4.16. The van der Waals surface area contributed by atoms with E-state index in [0.29, 0.717) is 5.56 Å². The molecule has 164 valence electrons. The van der Waals surface area contributed by atoms with Crippen LogP contribution in [0.1, 0.15) is 21.7 Å². The Labute approximate surface area is 177 Å². The second-order valence-electron chi connectivity index (χ2n) is 6.85. The molecule has 0 unspecified atom stereocenters. The van der Waals surface area contributed by atoms with Crippen LogP contribution in [0.15, 0.2) is 72.8 Å². The molecule has 1 amide bonds. The largest absolute Gasteiger partial charge is 0.435 e. The number of hydrogen-bond acceptors (Lipinski definition) is 2. The summed E-state index contributed by atoms with van der Waals surface area (Å²) in [7, 11) is 0. The number of rotatable bonds is 3. The van der Waals surface area contributed by atoms with Gasteiger partial charge in [-0.25, -0.2) is 4.68 Å². The fraction of sp³-hybridized carbons (Fsp3) is 0.0909. The van der Waals surface area contributed by atoms with Crippen LogP contribution in [-0.4, -0.2) is 15.7 Å². The Kier molecular flexibility index (Phi) is 5.15. The molecule has 1 aromatic heterocycles. The van der Waals surface area contributed by atoms with Crippen LogP contribution >= 0.6 is 0 Å². The molecule has 4 nitrogen and oxygen atoms in total. The van der Waals surface area contributed by atoms with Crippen molar-refractivity contribution >= 4 is 22.4 Å². The molecule has 32 heavy (non-hydrogen) atoms. The average Bonchev–Trinajstić information content (AvgIpc) is 3.20. The zero-order valence-electron chi connectivity index (χ0n) is 16.0. The third-order valence-corrected chi connectivity index (χ3v) is 4.69. The number of carbonyl (C=O) groups excluding carboxylic acids is 1. The monoisotopic (exact) mass is 449 g/mol. The van der Waals surface area contributed by atoms with Gasteiger partial charge in [0.15, 0.2) is 5.69 Å². The zero-order chi connectivity index (χ0) is 23.1. The summed E-state index contributed by atoms with van der Waals surface area (Å²) in [6.45, 7) is 0. The first-order chi connectivity index (χ1) is 15.0. The second-order valence-corrected chi connectivity index (χ2v) is 6.85. The number of fused-ring (bicyclic) bond motifs is 1. The molecule has 0 atom stereocenters. The number of halogens is 6. The number of benzene rings is 3. The molecule has 10 heteroatoms. The highest BCUT2D eigenvalue weighted by molar-refractivity contribution is 6.12. The lowest BCUT2D eigenvalue weighted by Gasteiger charge is -2.12. The molecule has 0 aliphatic rings. The topological polar surface area (TPSA) is 46.9 Å². The summed E-state index contributed by atoms with van der Waals surface area (Å²) in [4.78, 5) is 12.7. The Morgan fingerprint density at radius 2 is 1.47 bits per heavy atom. The summed E-state index contributed by atoms with van der Waals surface area (Å²) in [5.74, 6) is -0.441. The molecule has 0 radical (unpaired) electrons. The molecule has 4 rings (SSSR count). The maximum absolute atomic E-state index is 13.2. The van der Waals surface area contributed by atoms with Crippen molar-refractivity contribution in [2.75, 3.05) is 5.32 Å². The lowest BCUT2D eigenvalue weighted by Crippen LogP contribution is -2.14. The molecule has 1 heterocycles. The number of alkyl halides is 6. The Morgan fingerprint density at radius 3 is 2.12 bits per heavy atom. The van der Waals surface area contributed by atoms with Gasteiger partial charge in [0.05, 0.1) is 5.69 Å². The number of amides is 1. The fourth-order valence-corrected chi connectivity index (χ4v) is 3.23. The molecule has 1 N–H and O–H groups in total. The molecule has 0 saturated carbocycles. The van der Waals surface area contributed by atoms with E-state index in [4.69, 9.17) is 0 Å². The minimum Gasteiger partial charge on any atom is -0.322 e. The fourth-order valence-electron chi connectivity index (χ4n) is 3.23. The Balaban J connectivity index is 1.63. The van der Waals surface area contributed by atoms with E-state index in [1.807, 2.05) is 18.2 Å². The van der Waals surface area contributed by atoms with Crippen LogP contribution in [0.3, 0.4) is 0 Å². The Morgan fingerprint density at radius 1 is 0.812 bits per heavy atom. The third-order valence-electron chi connectivity index (χ3n) is 4.69. The van der Waals surface area contributed by atoms with Gasteiger partial charge in [-0.15, -0.1) is 0 Å². The van der Waals surface area contributed by atoms with Gasteiger partial charge in [0.1, 0.15) is 5.69 Å². The van der Waals surface area contributed by atoms with Gasteiger partial charge in [-0.05, 0) is 41.1 Å². The van der Waals surface area contributed by atoms with Gasteiger partial charge in [0, 0.05) is 17.3 Å². The predicted octanol–water partition coefficient (Wildman–Crippen LogP) is 6.32. The van der Waals surface area contributed by atoms with E-state index in [1.165, 1.54) is 12.1 Å². The van der Waals surface area contributed by atoms with Crippen LogP contribution in [-0.2, 0) is 12.4 Å². The zero-order valence-corrected chi connectivity index (χ0v) is 16.0. The number of carbonyl (C=O) groups is 1. The number of nitrogens with zero attached hydrogens (tertiary/aromatic N) is 2. The molecule has 0 spiro atoms. The van der Waals surface area contributed by atoms with Gasteiger partial charge < -0.3 is 5.32 Å². The number of anilines is 1. The summed E-state index contributed by atoms with van der Waals surface area (Å²) < 4.78 is 78.5. The highest BCUT2D eigenvalue weighted by Crippen LogP contribution is 2.36. The van der Waals surface area contributed by atoms with Gasteiger partial charge in [-0.1, -0.05) is 36.4 Å². The summed E-state index contributed by atoms with van der Waals surface area (Å²) in [5.41, 5.74) is -2.80. The van der Waals surface area contributed by atoms with Crippen molar-refractivity contribution in [1.29, 1.82) is 0 Å². The normalized spacial score (nSPS) is 12.2. The Hall–Kier alpha value is -3.82. The van der Waals surface area contributed by atoms with Gasteiger partial charge >= 0.3 is 12.4 Å². The molecule has 0 saturated heterocycles. The first-order valence-electron chi connectivity index (χ1n) is 9.18. The van der Waals surface area contributed by atoms with Crippen LogP contribution < -0.4 is 5.32 Å². The van der Waals surface area contributed by atoms with Gasteiger partial charge in [0.2, 0.25) is 0 Å². The maximum Gasteiger partial charge on any atom is 0.435 e. The standard InChI is InChI=1S/C22H13F6N3O/c23-21(24,25)18-12-19(22(26,27)28)31(30-18)15-10-8-14(9-11-15)29-20(32)17-7-3-5-13-4-1-2-6-16(13)17/h1-12H,(H,29,32). The summed E-state index contributed by atoms with van der Waals surface area (Å²) in [6, 6.07) is 17.2. The van der Waals surface area contributed by atoms with E-state index in [9.17, 15) is 31.1 Å². The van der Waals surface area contributed by atoms with Gasteiger partial charge in [0.25, 0.3) is 5.91 Å². The predicted molar refractivity (Wildman–Crippen MR) is 105 cm³/mol. The highest BCUT2D eigenvalue weighted by atomic mass is 19.4. The van der Waals surface area contributed by atoms with Crippen LogP contribution in [0.2, 0.25) is 0 Å². The minimum atomic E-state index is -5.04. The first-order valence-corrected chi connectivity index (χ1v) is 9.18. The van der Waals surface area contributed by atoms with Crippen molar-refractivity contribution < 1.29 is 31.1 Å². The van der Waals surface area contributed by atoms with E-state index < -0.39 is 29.6 Å². The van der Waals surface area contributed by atoms with Crippen LogP contribution in [0.4, 0.5) is 32.0 Å².